The van der Waals surface area contributed by atoms with Crippen LogP contribution in [0, 0.1) is 5.92 Å². The second-order valence-corrected chi connectivity index (χ2v) is 5.95. The Morgan fingerprint density at radius 3 is 2.65 bits per heavy atom. The van der Waals surface area contributed by atoms with Gasteiger partial charge < -0.3 is 9.09 Å². The lowest BCUT2D eigenvalue weighted by atomic mass is 10.1. The molecule has 3 aromatic rings. The average molecular weight is 318 g/mol. The Hall–Kier alpha value is -2.71. The summed E-state index contributed by atoms with van der Waals surface area (Å²) in [4.78, 5) is 32.7. The van der Waals surface area contributed by atoms with Gasteiger partial charge in [-0.15, -0.1) is 0 Å². The minimum Gasteiger partial charge on any atom is -0.339 e. The summed E-state index contributed by atoms with van der Waals surface area (Å²) < 4.78 is 9.22. The number of nitrogens with zero attached hydrogens (tertiary/aromatic N) is 6. The van der Waals surface area contributed by atoms with Gasteiger partial charge in [0.1, 0.15) is 0 Å². The topological polar surface area (TPSA) is 101 Å². The zero-order chi connectivity index (χ0) is 16.7. The van der Waals surface area contributed by atoms with Crippen LogP contribution in [0.4, 0.5) is 0 Å². The second-order valence-electron chi connectivity index (χ2n) is 5.95. The highest BCUT2D eigenvalue weighted by Crippen LogP contribution is 2.10. The third kappa shape index (κ3) is 2.58. The van der Waals surface area contributed by atoms with Crippen LogP contribution in [0.2, 0.25) is 0 Å². The Bertz CT molecular complexity index is 975. The maximum Gasteiger partial charge on any atom is 0.332 e. The van der Waals surface area contributed by atoms with Gasteiger partial charge in [-0.1, -0.05) is 19.0 Å². The van der Waals surface area contributed by atoms with Gasteiger partial charge in [-0.05, 0) is 5.92 Å². The molecule has 0 bridgehead atoms. The molecule has 3 aromatic heterocycles. The molecule has 0 aliphatic heterocycles. The van der Waals surface area contributed by atoms with Gasteiger partial charge in [0.05, 0.1) is 12.9 Å². The molecule has 0 unspecified atom stereocenters. The van der Waals surface area contributed by atoms with Crippen molar-refractivity contribution < 1.29 is 4.52 Å². The summed E-state index contributed by atoms with van der Waals surface area (Å²) in [5, 5.41) is 3.93. The standard InChI is InChI=1S/C14H18N6O3/c1-8(2)5-10-16-9(17-23-10)6-20-7-15-12-11(20)13(21)19(4)14(22)18(12)3/h7-8H,5-6H2,1-4H3. The monoisotopic (exact) mass is 318 g/mol. The van der Waals surface area contributed by atoms with Crippen molar-refractivity contribution >= 4 is 11.2 Å². The molecule has 3 heterocycles. The number of aromatic nitrogens is 6. The van der Waals surface area contributed by atoms with Crippen molar-refractivity contribution in [3.63, 3.8) is 0 Å². The van der Waals surface area contributed by atoms with Gasteiger partial charge in [0.25, 0.3) is 5.56 Å². The SMILES string of the molecule is CC(C)Cc1nc(Cn2cnc3c2c(=O)n(C)c(=O)n3C)no1. The lowest BCUT2D eigenvalue weighted by Gasteiger charge is -2.04. The molecule has 0 saturated heterocycles. The Morgan fingerprint density at radius 1 is 1.22 bits per heavy atom. The third-order valence-electron chi connectivity index (χ3n) is 3.62. The number of imidazole rings is 1. The molecule has 9 nitrogen and oxygen atoms in total. The van der Waals surface area contributed by atoms with Crippen LogP contribution >= 0.6 is 0 Å². The van der Waals surface area contributed by atoms with E-state index in [4.69, 9.17) is 4.52 Å². The van der Waals surface area contributed by atoms with Gasteiger partial charge in [0, 0.05) is 20.5 Å². The van der Waals surface area contributed by atoms with E-state index in [2.05, 4.69) is 29.0 Å². The van der Waals surface area contributed by atoms with Crippen LogP contribution in [0.3, 0.4) is 0 Å². The normalized spacial score (nSPS) is 11.7. The van der Waals surface area contributed by atoms with Crippen LogP contribution < -0.4 is 11.2 Å². The molecule has 0 aliphatic carbocycles. The van der Waals surface area contributed by atoms with E-state index in [-0.39, 0.29) is 6.54 Å². The quantitative estimate of drug-likeness (QED) is 0.674. The van der Waals surface area contributed by atoms with Gasteiger partial charge >= 0.3 is 5.69 Å². The Balaban J connectivity index is 2.03. The van der Waals surface area contributed by atoms with Gasteiger partial charge in [-0.25, -0.2) is 9.78 Å². The van der Waals surface area contributed by atoms with E-state index in [1.807, 2.05) is 0 Å². The fourth-order valence-corrected chi connectivity index (χ4v) is 2.46. The van der Waals surface area contributed by atoms with Crippen molar-refractivity contribution in [3.05, 3.63) is 38.9 Å². The molecule has 9 heteroatoms. The first-order valence-corrected chi connectivity index (χ1v) is 7.30. The highest BCUT2D eigenvalue weighted by Gasteiger charge is 2.16. The summed E-state index contributed by atoms with van der Waals surface area (Å²) in [5.74, 6) is 1.45. The van der Waals surface area contributed by atoms with Gasteiger partial charge in [-0.2, -0.15) is 4.98 Å². The second kappa shape index (κ2) is 5.49. The molecule has 3 rings (SSSR count). The lowest BCUT2D eigenvalue weighted by molar-refractivity contribution is 0.358. The third-order valence-corrected chi connectivity index (χ3v) is 3.62. The maximum atomic E-state index is 12.3. The van der Waals surface area contributed by atoms with Crippen LogP contribution in [0.15, 0.2) is 20.4 Å². The smallest absolute Gasteiger partial charge is 0.332 e. The summed E-state index contributed by atoms with van der Waals surface area (Å²) in [6.07, 6.45) is 2.21. The molecule has 122 valence electrons. The molecule has 0 amide bonds. The van der Waals surface area contributed by atoms with Crippen molar-refractivity contribution in [2.45, 2.75) is 26.8 Å². The van der Waals surface area contributed by atoms with E-state index in [0.717, 1.165) is 4.57 Å². The maximum absolute atomic E-state index is 12.3. The van der Waals surface area contributed by atoms with Crippen molar-refractivity contribution in [2.75, 3.05) is 0 Å². The molecule has 0 N–H and O–H groups in total. The predicted molar refractivity (Wildman–Crippen MR) is 82.2 cm³/mol. The highest BCUT2D eigenvalue weighted by atomic mass is 16.5. The van der Waals surface area contributed by atoms with E-state index in [1.54, 1.807) is 11.6 Å². The number of rotatable bonds is 4. The van der Waals surface area contributed by atoms with Gasteiger partial charge in [-0.3, -0.25) is 13.9 Å². The lowest BCUT2D eigenvalue weighted by Crippen LogP contribution is -2.37. The molecule has 0 aromatic carbocycles. The molecule has 0 spiro atoms. The summed E-state index contributed by atoms with van der Waals surface area (Å²) >= 11 is 0. The Kier molecular flexibility index (Phi) is 3.63. The van der Waals surface area contributed by atoms with E-state index in [9.17, 15) is 9.59 Å². The van der Waals surface area contributed by atoms with Crippen LogP contribution in [-0.2, 0) is 27.1 Å². The van der Waals surface area contributed by atoms with Crippen LogP contribution in [0.1, 0.15) is 25.6 Å². The molecule has 0 atom stereocenters. The number of hydrogen-bond donors (Lipinski definition) is 0. The van der Waals surface area contributed by atoms with Crippen molar-refractivity contribution in [3.8, 4) is 0 Å². The number of fused-ring (bicyclic) bond motifs is 1. The minimum absolute atomic E-state index is 0.255. The minimum atomic E-state index is -0.411. The predicted octanol–water partition coefficient (Wildman–Crippen LogP) is 0.0635. The molecule has 0 saturated carbocycles. The fraction of sp³-hybridized carbons (Fsp3) is 0.500. The molecule has 23 heavy (non-hydrogen) atoms. The summed E-state index contributed by atoms with van der Waals surface area (Å²) in [6.45, 7) is 4.39. The fourth-order valence-electron chi connectivity index (χ4n) is 2.46. The van der Waals surface area contributed by atoms with E-state index in [1.165, 1.54) is 17.9 Å². The van der Waals surface area contributed by atoms with Gasteiger partial charge in [0.15, 0.2) is 17.0 Å². The van der Waals surface area contributed by atoms with Crippen LogP contribution in [0.25, 0.3) is 11.2 Å². The zero-order valence-electron chi connectivity index (χ0n) is 13.5. The Labute approximate surface area is 131 Å². The largest absolute Gasteiger partial charge is 0.339 e. The average Bonchev–Trinajstić information content (AvgIpc) is 3.10. The van der Waals surface area contributed by atoms with E-state index < -0.39 is 11.2 Å². The van der Waals surface area contributed by atoms with Crippen LogP contribution in [0.5, 0.6) is 0 Å². The molecule has 0 aliphatic rings. The zero-order valence-corrected chi connectivity index (χ0v) is 13.5. The molecular weight excluding hydrogens is 300 g/mol. The van der Waals surface area contributed by atoms with Crippen molar-refractivity contribution in [2.24, 2.45) is 20.0 Å². The molecule has 0 fully saturated rings. The summed E-state index contributed by atoms with van der Waals surface area (Å²) in [5.41, 5.74) is -0.133. The van der Waals surface area contributed by atoms with E-state index >= 15 is 0 Å². The first-order valence-electron chi connectivity index (χ1n) is 7.30. The van der Waals surface area contributed by atoms with Crippen molar-refractivity contribution in [1.82, 2.24) is 28.8 Å². The highest BCUT2D eigenvalue weighted by molar-refractivity contribution is 5.70. The van der Waals surface area contributed by atoms with Gasteiger partial charge in [0.2, 0.25) is 5.89 Å². The molecular formula is C14H18N6O3. The van der Waals surface area contributed by atoms with Crippen molar-refractivity contribution in [1.29, 1.82) is 0 Å². The number of hydrogen-bond acceptors (Lipinski definition) is 6. The molecule has 0 radical (unpaired) electrons. The summed E-state index contributed by atoms with van der Waals surface area (Å²) in [7, 11) is 3.02. The Morgan fingerprint density at radius 2 is 1.96 bits per heavy atom. The number of aryl methyl sites for hydroxylation is 1. The van der Waals surface area contributed by atoms with E-state index in [0.29, 0.717) is 35.2 Å². The summed E-state index contributed by atoms with van der Waals surface area (Å²) in [6, 6.07) is 0. The van der Waals surface area contributed by atoms with Crippen LogP contribution in [-0.4, -0.2) is 28.8 Å². The first kappa shape index (κ1) is 15.2. The first-order chi connectivity index (χ1) is 10.9.